The topological polar surface area (TPSA) is 56.0 Å². The fraction of sp³-hybridized carbons (Fsp3) is 0. The summed E-state index contributed by atoms with van der Waals surface area (Å²) in [7, 11) is 0. The van der Waals surface area contributed by atoms with E-state index < -0.39 is 5.91 Å². The standard InChI is InChI=1S/C16H12N2OS/c17-15(19)13-7-3-1-5-11(13)12-6-2-4-8-14(12)16-18-9-10-20-16/h1-10H,(H2,17,19). The Morgan fingerprint density at radius 1 is 0.950 bits per heavy atom. The summed E-state index contributed by atoms with van der Waals surface area (Å²) < 4.78 is 0. The van der Waals surface area contributed by atoms with Gasteiger partial charge in [0.1, 0.15) is 5.01 Å². The van der Waals surface area contributed by atoms with Crippen LogP contribution in [0.25, 0.3) is 21.7 Å². The maximum Gasteiger partial charge on any atom is 0.249 e. The molecular weight excluding hydrogens is 268 g/mol. The minimum absolute atomic E-state index is 0.422. The molecule has 0 unspecified atom stereocenters. The number of hydrogen-bond donors (Lipinski definition) is 1. The van der Waals surface area contributed by atoms with Gasteiger partial charge in [-0.15, -0.1) is 11.3 Å². The lowest BCUT2D eigenvalue weighted by atomic mass is 9.95. The van der Waals surface area contributed by atoms with Gasteiger partial charge in [-0.2, -0.15) is 0 Å². The van der Waals surface area contributed by atoms with Crippen LogP contribution in [0.15, 0.2) is 60.1 Å². The van der Waals surface area contributed by atoms with Crippen LogP contribution in [-0.4, -0.2) is 10.9 Å². The van der Waals surface area contributed by atoms with Gasteiger partial charge in [0.2, 0.25) is 5.91 Å². The maximum atomic E-state index is 11.6. The molecule has 2 aromatic carbocycles. The van der Waals surface area contributed by atoms with Gasteiger partial charge < -0.3 is 5.73 Å². The molecule has 1 heterocycles. The molecule has 3 rings (SSSR count). The van der Waals surface area contributed by atoms with Crippen LogP contribution in [0.1, 0.15) is 10.4 Å². The molecule has 0 radical (unpaired) electrons. The van der Waals surface area contributed by atoms with Gasteiger partial charge in [0, 0.05) is 22.7 Å². The summed E-state index contributed by atoms with van der Waals surface area (Å²) in [6.45, 7) is 0. The molecule has 0 atom stereocenters. The van der Waals surface area contributed by atoms with Crippen molar-refractivity contribution in [1.82, 2.24) is 4.98 Å². The second kappa shape index (κ2) is 5.27. The molecule has 1 aromatic heterocycles. The van der Waals surface area contributed by atoms with E-state index in [9.17, 15) is 4.79 Å². The molecule has 1 amide bonds. The van der Waals surface area contributed by atoms with E-state index in [0.717, 1.165) is 21.7 Å². The van der Waals surface area contributed by atoms with Crippen molar-refractivity contribution in [3.05, 3.63) is 65.7 Å². The Balaban J connectivity index is 2.24. The molecule has 0 spiro atoms. The number of nitrogens with two attached hydrogens (primary N) is 1. The lowest BCUT2D eigenvalue weighted by Gasteiger charge is -2.10. The summed E-state index contributed by atoms with van der Waals surface area (Å²) in [6.07, 6.45) is 1.77. The van der Waals surface area contributed by atoms with Crippen LogP contribution in [0.3, 0.4) is 0 Å². The van der Waals surface area contributed by atoms with Gasteiger partial charge in [-0.3, -0.25) is 4.79 Å². The Hall–Kier alpha value is -2.46. The number of carbonyl (C=O) groups excluding carboxylic acids is 1. The van der Waals surface area contributed by atoms with E-state index in [2.05, 4.69) is 4.98 Å². The fourth-order valence-electron chi connectivity index (χ4n) is 2.19. The third-order valence-corrected chi connectivity index (χ3v) is 3.88. The smallest absolute Gasteiger partial charge is 0.249 e. The van der Waals surface area contributed by atoms with Gasteiger partial charge in [0.25, 0.3) is 0 Å². The van der Waals surface area contributed by atoms with E-state index in [4.69, 9.17) is 5.73 Å². The lowest BCUT2D eigenvalue weighted by Crippen LogP contribution is -2.12. The highest BCUT2D eigenvalue weighted by Crippen LogP contribution is 2.34. The molecule has 0 bridgehead atoms. The van der Waals surface area contributed by atoms with E-state index in [1.165, 1.54) is 0 Å². The highest BCUT2D eigenvalue weighted by molar-refractivity contribution is 7.13. The van der Waals surface area contributed by atoms with Gasteiger partial charge in [-0.05, 0) is 17.2 Å². The number of hydrogen-bond acceptors (Lipinski definition) is 3. The van der Waals surface area contributed by atoms with Crippen LogP contribution in [-0.2, 0) is 0 Å². The van der Waals surface area contributed by atoms with Gasteiger partial charge in [0.05, 0.1) is 0 Å². The summed E-state index contributed by atoms with van der Waals surface area (Å²) in [6, 6.07) is 15.3. The molecule has 4 heteroatoms. The molecule has 0 aliphatic heterocycles. The number of aromatic nitrogens is 1. The summed E-state index contributed by atoms with van der Waals surface area (Å²) >= 11 is 1.57. The van der Waals surface area contributed by atoms with E-state index in [1.54, 1.807) is 23.6 Å². The third-order valence-electron chi connectivity index (χ3n) is 3.07. The van der Waals surface area contributed by atoms with Crippen molar-refractivity contribution in [3.63, 3.8) is 0 Å². The lowest BCUT2D eigenvalue weighted by molar-refractivity contribution is 0.100. The van der Waals surface area contributed by atoms with E-state index in [0.29, 0.717) is 5.56 Å². The zero-order valence-electron chi connectivity index (χ0n) is 10.6. The molecule has 0 saturated carbocycles. The van der Waals surface area contributed by atoms with Crippen LogP contribution in [0.4, 0.5) is 0 Å². The molecular formula is C16H12N2OS. The van der Waals surface area contributed by atoms with Crippen molar-refractivity contribution in [2.45, 2.75) is 0 Å². The van der Waals surface area contributed by atoms with Crippen molar-refractivity contribution >= 4 is 17.2 Å². The predicted octanol–water partition coefficient (Wildman–Crippen LogP) is 3.58. The first-order valence-electron chi connectivity index (χ1n) is 6.15. The minimum atomic E-state index is -0.422. The van der Waals surface area contributed by atoms with Crippen molar-refractivity contribution in [3.8, 4) is 21.7 Å². The van der Waals surface area contributed by atoms with Crippen molar-refractivity contribution in [1.29, 1.82) is 0 Å². The van der Waals surface area contributed by atoms with Crippen LogP contribution in [0.5, 0.6) is 0 Å². The number of rotatable bonds is 3. The Morgan fingerprint density at radius 2 is 1.60 bits per heavy atom. The zero-order valence-corrected chi connectivity index (χ0v) is 11.4. The number of amides is 1. The van der Waals surface area contributed by atoms with Crippen molar-refractivity contribution in [2.75, 3.05) is 0 Å². The molecule has 98 valence electrons. The van der Waals surface area contributed by atoms with Gasteiger partial charge >= 0.3 is 0 Å². The maximum absolute atomic E-state index is 11.6. The molecule has 3 aromatic rings. The monoisotopic (exact) mass is 280 g/mol. The zero-order chi connectivity index (χ0) is 13.9. The molecule has 20 heavy (non-hydrogen) atoms. The second-order valence-corrected chi connectivity index (χ2v) is 5.19. The van der Waals surface area contributed by atoms with Crippen LogP contribution < -0.4 is 5.73 Å². The fourth-order valence-corrected chi connectivity index (χ4v) is 2.87. The second-order valence-electron chi connectivity index (χ2n) is 4.29. The van der Waals surface area contributed by atoms with Crippen molar-refractivity contribution in [2.24, 2.45) is 5.73 Å². The van der Waals surface area contributed by atoms with Gasteiger partial charge in [0.15, 0.2) is 0 Å². The number of nitrogens with zero attached hydrogens (tertiary/aromatic N) is 1. The minimum Gasteiger partial charge on any atom is -0.366 e. The van der Waals surface area contributed by atoms with Gasteiger partial charge in [-0.1, -0.05) is 42.5 Å². The summed E-state index contributed by atoms with van der Waals surface area (Å²) in [5.74, 6) is -0.422. The molecule has 2 N–H and O–H groups in total. The number of primary amides is 1. The molecule has 0 fully saturated rings. The Bertz CT molecular complexity index is 751. The Labute approximate surface area is 120 Å². The normalized spacial score (nSPS) is 10.4. The quantitative estimate of drug-likeness (QED) is 0.797. The summed E-state index contributed by atoms with van der Waals surface area (Å²) in [4.78, 5) is 16.0. The summed E-state index contributed by atoms with van der Waals surface area (Å²) in [5.41, 5.74) is 8.81. The average Bonchev–Trinajstić information content (AvgIpc) is 3.01. The molecule has 0 aliphatic rings. The van der Waals surface area contributed by atoms with Crippen LogP contribution in [0, 0.1) is 0 Å². The number of carbonyl (C=O) groups is 1. The first-order valence-corrected chi connectivity index (χ1v) is 7.03. The molecule has 0 aliphatic carbocycles. The Kier molecular flexibility index (Phi) is 3.31. The molecule has 0 saturated heterocycles. The predicted molar refractivity (Wildman–Crippen MR) is 81.5 cm³/mol. The van der Waals surface area contributed by atoms with Crippen LogP contribution in [0.2, 0.25) is 0 Å². The van der Waals surface area contributed by atoms with E-state index in [-0.39, 0.29) is 0 Å². The third kappa shape index (κ3) is 2.21. The largest absolute Gasteiger partial charge is 0.366 e. The summed E-state index contributed by atoms with van der Waals surface area (Å²) in [5, 5.41) is 2.87. The first kappa shape index (κ1) is 12.6. The first-order chi connectivity index (χ1) is 9.77. The SMILES string of the molecule is NC(=O)c1ccccc1-c1ccccc1-c1nccs1. The van der Waals surface area contributed by atoms with E-state index in [1.807, 2.05) is 47.8 Å². The number of benzene rings is 2. The van der Waals surface area contributed by atoms with Crippen LogP contribution >= 0.6 is 11.3 Å². The van der Waals surface area contributed by atoms with E-state index >= 15 is 0 Å². The molecule has 3 nitrogen and oxygen atoms in total. The van der Waals surface area contributed by atoms with Crippen molar-refractivity contribution < 1.29 is 4.79 Å². The highest BCUT2D eigenvalue weighted by Gasteiger charge is 2.14. The average molecular weight is 280 g/mol. The van der Waals surface area contributed by atoms with Gasteiger partial charge in [-0.25, -0.2) is 4.98 Å². The Morgan fingerprint density at radius 3 is 2.25 bits per heavy atom. The highest BCUT2D eigenvalue weighted by atomic mass is 32.1. The number of thiazole rings is 1.